The van der Waals surface area contributed by atoms with Gasteiger partial charge in [-0.2, -0.15) is 0 Å². The van der Waals surface area contributed by atoms with Gasteiger partial charge < -0.3 is 10.5 Å². The molecular weight excluding hydrogens is 116 g/mol. The third-order valence-electron chi connectivity index (χ3n) is 1.60. The molecule has 0 aromatic carbocycles. The molecule has 1 unspecified atom stereocenters. The predicted molar refractivity (Wildman–Crippen MR) is 35.9 cm³/mol. The number of rotatable bonds is 1. The van der Waals surface area contributed by atoms with E-state index in [1.165, 1.54) is 12.8 Å². The normalized spacial score (nSPS) is 29.1. The number of oxime groups is 1. The third-order valence-corrected chi connectivity index (χ3v) is 1.60. The van der Waals surface area contributed by atoms with Crippen LogP contribution in [-0.4, -0.2) is 24.0 Å². The molecule has 1 saturated heterocycles. The van der Waals surface area contributed by atoms with E-state index in [-0.39, 0.29) is 0 Å². The third kappa shape index (κ3) is 2.01. The molecule has 1 heterocycles. The van der Waals surface area contributed by atoms with Crippen molar-refractivity contribution in [1.82, 2.24) is 5.32 Å². The van der Waals surface area contributed by atoms with Gasteiger partial charge in [0.05, 0.1) is 6.21 Å². The minimum absolute atomic E-state index is 0.309. The molecule has 0 spiro atoms. The van der Waals surface area contributed by atoms with Crippen LogP contribution in [0.15, 0.2) is 5.16 Å². The summed E-state index contributed by atoms with van der Waals surface area (Å²) in [6.45, 7) is 1.05. The minimum atomic E-state index is 0.309. The van der Waals surface area contributed by atoms with Gasteiger partial charge >= 0.3 is 0 Å². The lowest BCUT2D eigenvalue weighted by molar-refractivity contribution is 0.316. The van der Waals surface area contributed by atoms with Crippen LogP contribution >= 0.6 is 0 Å². The molecule has 0 bridgehead atoms. The Morgan fingerprint density at radius 1 is 1.56 bits per heavy atom. The maximum Gasteiger partial charge on any atom is 0.0605 e. The molecule has 1 aliphatic heterocycles. The SMILES string of the molecule is O/N=C\C1CCCCN1. The lowest BCUT2D eigenvalue weighted by Crippen LogP contribution is -2.34. The maximum atomic E-state index is 8.15. The van der Waals surface area contributed by atoms with Crippen molar-refractivity contribution < 1.29 is 5.21 Å². The Balaban J connectivity index is 2.23. The van der Waals surface area contributed by atoms with Gasteiger partial charge in [-0.3, -0.25) is 0 Å². The molecular formula is C6H12N2O. The van der Waals surface area contributed by atoms with Crippen LogP contribution in [0.2, 0.25) is 0 Å². The van der Waals surface area contributed by atoms with Crippen LogP contribution in [0.3, 0.4) is 0 Å². The van der Waals surface area contributed by atoms with E-state index in [2.05, 4.69) is 10.5 Å². The van der Waals surface area contributed by atoms with Crippen molar-refractivity contribution in [2.24, 2.45) is 5.16 Å². The molecule has 1 aliphatic rings. The highest BCUT2D eigenvalue weighted by Gasteiger charge is 2.08. The Bertz CT molecular complexity index is 97.2. The van der Waals surface area contributed by atoms with E-state index in [0.717, 1.165) is 13.0 Å². The second kappa shape index (κ2) is 3.45. The summed E-state index contributed by atoms with van der Waals surface area (Å²) < 4.78 is 0. The summed E-state index contributed by atoms with van der Waals surface area (Å²) in [5, 5.41) is 14.3. The predicted octanol–water partition coefficient (Wildman–Crippen LogP) is 0.588. The van der Waals surface area contributed by atoms with Gasteiger partial charge in [-0.05, 0) is 19.4 Å². The Morgan fingerprint density at radius 2 is 2.44 bits per heavy atom. The van der Waals surface area contributed by atoms with E-state index < -0.39 is 0 Å². The smallest absolute Gasteiger partial charge is 0.0605 e. The molecule has 0 amide bonds. The van der Waals surface area contributed by atoms with Crippen LogP contribution in [0.4, 0.5) is 0 Å². The number of nitrogens with one attached hydrogen (secondary N) is 1. The van der Waals surface area contributed by atoms with Gasteiger partial charge in [-0.1, -0.05) is 6.42 Å². The van der Waals surface area contributed by atoms with Gasteiger partial charge in [0.25, 0.3) is 0 Å². The highest BCUT2D eigenvalue weighted by molar-refractivity contribution is 5.63. The molecule has 1 atom stereocenters. The first-order chi connectivity index (χ1) is 4.43. The molecule has 0 radical (unpaired) electrons. The topological polar surface area (TPSA) is 44.6 Å². The lowest BCUT2D eigenvalue weighted by Gasteiger charge is -2.18. The van der Waals surface area contributed by atoms with Gasteiger partial charge in [0.2, 0.25) is 0 Å². The molecule has 1 fully saturated rings. The Labute approximate surface area is 54.8 Å². The maximum absolute atomic E-state index is 8.15. The lowest BCUT2D eigenvalue weighted by atomic mass is 10.1. The molecule has 0 aliphatic carbocycles. The summed E-state index contributed by atoms with van der Waals surface area (Å²) in [4.78, 5) is 0. The summed E-state index contributed by atoms with van der Waals surface area (Å²) >= 11 is 0. The zero-order valence-corrected chi connectivity index (χ0v) is 5.38. The van der Waals surface area contributed by atoms with E-state index in [4.69, 9.17) is 5.21 Å². The number of nitrogens with zero attached hydrogens (tertiary/aromatic N) is 1. The second-order valence-corrected chi connectivity index (χ2v) is 2.32. The molecule has 2 N–H and O–H groups in total. The molecule has 3 nitrogen and oxygen atoms in total. The quantitative estimate of drug-likeness (QED) is 0.308. The average molecular weight is 128 g/mol. The Kier molecular flexibility index (Phi) is 2.51. The van der Waals surface area contributed by atoms with Gasteiger partial charge in [-0.15, -0.1) is 5.16 Å². The number of piperidine rings is 1. The van der Waals surface area contributed by atoms with E-state index in [1.807, 2.05) is 0 Å². The van der Waals surface area contributed by atoms with Crippen LogP contribution in [0.5, 0.6) is 0 Å². The fraction of sp³-hybridized carbons (Fsp3) is 0.833. The summed E-state index contributed by atoms with van der Waals surface area (Å²) in [6, 6.07) is 0.309. The fourth-order valence-corrected chi connectivity index (χ4v) is 1.09. The van der Waals surface area contributed by atoms with Crippen LogP contribution in [0, 0.1) is 0 Å². The van der Waals surface area contributed by atoms with E-state index in [9.17, 15) is 0 Å². The van der Waals surface area contributed by atoms with Gasteiger partial charge in [0.15, 0.2) is 0 Å². The minimum Gasteiger partial charge on any atom is -0.411 e. The van der Waals surface area contributed by atoms with Crippen molar-refractivity contribution in [3.05, 3.63) is 0 Å². The standard InChI is InChI=1S/C6H12N2O/c9-8-5-6-3-1-2-4-7-6/h5-7,9H,1-4H2/b8-5-. The number of hydrogen-bond donors (Lipinski definition) is 2. The largest absolute Gasteiger partial charge is 0.411 e. The Morgan fingerprint density at radius 3 is 3.00 bits per heavy atom. The van der Waals surface area contributed by atoms with Gasteiger partial charge in [0.1, 0.15) is 0 Å². The van der Waals surface area contributed by atoms with Gasteiger partial charge in [0, 0.05) is 6.04 Å². The van der Waals surface area contributed by atoms with Crippen LogP contribution in [-0.2, 0) is 0 Å². The molecule has 9 heavy (non-hydrogen) atoms. The van der Waals surface area contributed by atoms with Crippen molar-refractivity contribution in [2.45, 2.75) is 25.3 Å². The van der Waals surface area contributed by atoms with E-state index in [0.29, 0.717) is 6.04 Å². The zero-order chi connectivity index (χ0) is 6.53. The molecule has 3 heteroatoms. The first-order valence-electron chi connectivity index (χ1n) is 3.34. The van der Waals surface area contributed by atoms with Crippen LogP contribution in [0.1, 0.15) is 19.3 Å². The highest BCUT2D eigenvalue weighted by atomic mass is 16.4. The summed E-state index contributed by atoms with van der Waals surface area (Å²) in [7, 11) is 0. The van der Waals surface area contributed by atoms with Crippen molar-refractivity contribution in [3.63, 3.8) is 0 Å². The summed E-state index contributed by atoms with van der Waals surface area (Å²) in [5.74, 6) is 0. The van der Waals surface area contributed by atoms with E-state index >= 15 is 0 Å². The monoisotopic (exact) mass is 128 g/mol. The zero-order valence-electron chi connectivity index (χ0n) is 5.38. The average Bonchev–Trinajstić information content (AvgIpc) is 1.91. The van der Waals surface area contributed by atoms with Crippen molar-refractivity contribution >= 4 is 6.21 Å². The first-order valence-corrected chi connectivity index (χ1v) is 3.34. The van der Waals surface area contributed by atoms with Crippen molar-refractivity contribution in [2.75, 3.05) is 6.54 Å². The fourth-order valence-electron chi connectivity index (χ4n) is 1.09. The van der Waals surface area contributed by atoms with Crippen molar-refractivity contribution in [1.29, 1.82) is 0 Å². The first kappa shape index (κ1) is 6.55. The van der Waals surface area contributed by atoms with Crippen LogP contribution < -0.4 is 5.32 Å². The molecule has 0 aromatic rings. The molecule has 52 valence electrons. The van der Waals surface area contributed by atoms with Crippen LogP contribution in [0.25, 0.3) is 0 Å². The second-order valence-electron chi connectivity index (χ2n) is 2.32. The van der Waals surface area contributed by atoms with E-state index in [1.54, 1.807) is 6.21 Å². The highest BCUT2D eigenvalue weighted by Crippen LogP contribution is 2.04. The van der Waals surface area contributed by atoms with Crippen molar-refractivity contribution in [3.8, 4) is 0 Å². The molecule has 0 aromatic heterocycles. The number of hydrogen-bond acceptors (Lipinski definition) is 3. The van der Waals surface area contributed by atoms with Gasteiger partial charge in [-0.25, -0.2) is 0 Å². The molecule has 0 saturated carbocycles. The Hall–Kier alpha value is -0.570. The molecule has 1 rings (SSSR count). The summed E-state index contributed by atoms with van der Waals surface area (Å²) in [6.07, 6.45) is 5.14. The summed E-state index contributed by atoms with van der Waals surface area (Å²) in [5.41, 5.74) is 0.